The molecule has 124 valence electrons. The molecule has 0 aliphatic heterocycles. The molecular weight excluding hydrogens is 272 g/mol. The van der Waals surface area contributed by atoms with E-state index in [0.29, 0.717) is 29.8 Å². The molecule has 4 atom stereocenters. The van der Waals surface area contributed by atoms with E-state index in [1.165, 1.54) is 57.8 Å². The van der Waals surface area contributed by atoms with Gasteiger partial charge in [0.2, 0.25) is 5.91 Å². The van der Waals surface area contributed by atoms with Crippen molar-refractivity contribution in [3.63, 3.8) is 0 Å². The largest absolute Gasteiger partial charge is 0.353 e. The fraction of sp³-hybridized carbons (Fsp3) is 0.947. The van der Waals surface area contributed by atoms with E-state index in [-0.39, 0.29) is 5.92 Å². The first kappa shape index (κ1) is 15.0. The van der Waals surface area contributed by atoms with Crippen molar-refractivity contribution in [1.29, 1.82) is 0 Å². The van der Waals surface area contributed by atoms with Crippen LogP contribution in [0.25, 0.3) is 0 Å². The smallest absolute Gasteiger partial charge is 0.223 e. The van der Waals surface area contributed by atoms with Crippen molar-refractivity contribution in [2.45, 2.75) is 82.7 Å². The maximum Gasteiger partial charge on any atom is 0.223 e. The molecule has 4 saturated carbocycles. The number of nitrogens with one attached hydrogen (secondary N) is 1. The van der Waals surface area contributed by atoms with Gasteiger partial charge in [-0.25, -0.2) is 0 Å². The molecule has 0 spiro atoms. The highest BCUT2D eigenvalue weighted by Crippen LogP contribution is 2.45. The summed E-state index contributed by atoms with van der Waals surface area (Å²) in [5, 5.41) is 3.40. The van der Waals surface area contributed by atoms with Crippen LogP contribution in [0.15, 0.2) is 0 Å². The maximum atomic E-state index is 12.7. The molecule has 0 radical (unpaired) electrons. The van der Waals surface area contributed by atoms with E-state index in [0.717, 1.165) is 24.7 Å². The second-order valence-electron chi connectivity index (χ2n) is 8.61. The lowest BCUT2D eigenvalue weighted by molar-refractivity contribution is -0.128. The first-order valence-electron chi connectivity index (χ1n) is 9.78. The summed E-state index contributed by atoms with van der Waals surface area (Å²) >= 11 is 0. The Morgan fingerprint density at radius 1 is 0.818 bits per heavy atom. The zero-order chi connectivity index (χ0) is 15.1. The van der Waals surface area contributed by atoms with Crippen LogP contribution in [-0.2, 0) is 4.79 Å². The summed E-state index contributed by atoms with van der Waals surface area (Å²) < 4.78 is 0. The van der Waals surface area contributed by atoms with Gasteiger partial charge in [-0.1, -0.05) is 38.5 Å². The Kier molecular flexibility index (Phi) is 4.19. The van der Waals surface area contributed by atoms with Crippen LogP contribution in [-0.4, -0.2) is 18.0 Å². The molecule has 4 rings (SSSR count). The Morgan fingerprint density at radius 3 is 2.14 bits per heavy atom. The minimum absolute atomic E-state index is 0.253. The van der Waals surface area contributed by atoms with Crippen LogP contribution in [0.5, 0.6) is 0 Å². The fourth-order valence-corrected chi connectivity index (χ4v) is 5.77. The van der Waals surface area contributed by atoms with Crippen molar-refractivity contribution in [1.82, 2.24) is 5.32 Å². The third-order valence-corrected chi connectivity index (χ3v) is 7.21. The predicted molar refractivity (Wildman–Crippen MR) is 88.1 cm³/mol. The summed E-state index contributed by atoms with van der Waals surface area (Å²) in [6, 6.07) is 0.875. The van der Waals surface area contributed by atoms with Gasteiger partial charge in [-0.2, -0.15) is 0 Å². The van der Waals surface area contributed by atoms with Gasteiger partial charge in [0.15, 0.2) is 0 Å². The summed E-state index contributed by atoms with van der Waals surface area (Å²) in [6.07, 6.45) is 14.2. The van der Waals surface area contributed by atoms with Gasteiger partial charge in [0.25, 0.3) is 0 Å². The monoisotopic (exact) mass is 304 g/mol. The normalized spacial score (nSPS) is 45.3. The average Bonchev–Trinajstić information content (AvgIpc) is 3.27. The zero-order valence-corrected chi connectivity index (χ0v) is 13.8. The van der Waals surface area contributed by atoms with Gasteiger partial charge in [-0.15, -0.1) is 0 Å². The summed E-state index contributed by atoms with van der Waals surface area (Å²) in [5.74, 6) is 3.52. The van der Waals surface area contributed by atoms with Gasteiger partial charge in [0.1, 0.15) is 0 Å². The molecule has 0 aromatic heterocycles. The number of nitrogens with two attached hydrogens (primary N) is 1. The Morgan fingerprint density at radius 2 is 1.45 bits per heavy atom. The Bertz CT molecular complexity index is 404. The highest BCUT2D eigenvalue weighted by atomic mass is 16.2. The van der Waals surface area contributed by atoms with Gasteiger partial charge in [0, 0.05) is 18.0 Å². The van der Waals surface area contributed by atoms with Gasteiger partial charge >= 0.3 is 0 Å². The first-order chi connectivity index (χ1) is 10.7. The molecule has 3 N–H and O–H groups in total. The molecule has 0 heterocycles. The lowest BCUT2D eigenvalue weighted by Crippen LogP contribution is -2.49. The molecule has 4 aliphatic rings. The predicted octanol–water partition coefficient (Wildman–Crippen LogP) is 3.23. The van der Waals surface area contributed by atoms with Gasteiger partial charge in [-0.05, 0) is 55.8 Å². The highest BCUT2D eigenvalue weighted by molar-refractivity contribution is 5.79. The number of rotatable bonds is 3. The minimum Gasteiger partial charge on any atom is -0.353 e. The zero-order valence-electron chi connectivity index (χ0n) is 13.8. The van der Waals surface area contributed by atoms with Crippen LogP contribution >= 0.6 is 0 Å². The van der Waals surface area contributed by atoms with Gasteiger partial charge in [0.05, 0.1) is 0 Å². The lowest BCUT2D eigenvalue weighted by Gasteiger charge is -2.43. The van der Waals surface area contributed by atoms with Crippen molar-refractivity contribution in [2.75, 3.05) is 0 Å². The molecule has 1 amide bonds. The van der Waals surface area contributed by atoms with E-state index in [2.05, 4.69) is 5.32 Å². The van der Waals surface area contributed by atoms with Crippen LogP contribution in [0.1, 0.15) is 70.6 Å². The SMILES string of the molecule is NC1C2CCCC1CC(C(=O)NC1CC1C1CCCCC1)C2. The molecule has 4 aliphatic carbocycles. The second kappa shape index (κ2) is 6.14. The quantitative estimate of drug-likeness (QED) is 0.841. The number of amides is 1. The first-order valence-corrected chi connectivity index (χ1v) is 9.78. The van der Waals surface area contributed by atoms with Crippen LogP contribution in [0.4, 0.5) is 0 Å². The summed E-state index contributed by atoms with van der Waals surface area (Å²) in [5.41, 5.74) is 6.35. The summed E-state index contributed by atoms with van der Waals surface area (Å²) in [7, 11) is 0. The Balaban J connectivity index is 1.28. The molecule has 4 unspecified atom stereocenters. The molecular formula is C19H32N2O. The van der Waals surface area contributed by atoms with Gasteiger partial charge in [-0.3, -0.25) is 4.79 Å². The molecule has 3 nitrogen and oxygen atoms in total. The highest BCUT2D eigenvalue weighted by Gasteiger charge is 2.46. The molecule has 3 heteroatoms. The van der Waals surface area contributed by atoms with Crippen molar-refractivity contribution >= 4 is 5.91 Å². The Hall–Kier alpha value is -0.570. The summed E-state index contributed by atoms with van der Waals surface area (Å²) in [4.78, 5) is 12.7. The molecule has 2 bridgehead atoms. The van der Waals surface area contributed by atoms with E-state index in [4.69, 9.17) is 5.73 Å². The standard InChI is InChI=1S/C19H32N2O/c20-18-13-7-4-8-14(18)10-15(9-13)19(22)21-17-11-16(17)12-5-2-1-3-6-12/h12-18H,1-11,20H2,(H,21,22). The fourth-order valence-electron chi connectivity index (χ4n) is 5.77. The third-order valence-electron chi connectivity index (χ3n) is 7.21. The molecule has 0 aromatic rings. The number of fused-ring (bicyclic) bond motifs is 2. The topological polar surface area (TPSA) is 55.1 Å². The van der Waals surface area contributed by atoms with E-state index in [1.54, 1.807) is 0 Å². The van der Waals surface area contributed by atoms with Crippen molar-refractivity contribution in [3.05, 3.63) is 0 Å². The number of carbonyl (C=O) groups excluding carboxylic acids is 1. The third kappa shape index (κ3) is 2.93. The molecule has 0 aromatic carbocycles. The molecule has 4 fully saturated rings. The van der Waals surface area contributed by atoms with E-state index < -0.39 is 0 Å². The summed E-state index contributed by atoms with van der Waals surface area (Å²) in [6.45, 7) is 0. The lowest BCUT2D eigenvalue weighted by atomic mass is 9.65. The number of hydrogen-bond donors (Lipinski definition) is 2. The van der Waals surface area contributed by atoms with Crippen molar-refractivity contribution in [2.24, 2.45) is 35.3 Å². The molecule has 0 saturated heterocycles. The van der Waals surface area contributed by atoms with Crippen molar-refractivity contribution in [3.8, 4) is 0 Å². The number of hydrogen-bond acceptors (Lipinski definition) is 2. The molecule has 22 heavy (non-hydrogen) atoms. The van der Waals surface area contributed by atoms with E-state index in [1.807, 2.05) is 0 Å². The minimum atomic E-state index is 0.253. The average molecular weight is 304 g/mol. The maximum absolute atomic E-state index is 12.7. The van der Waals surface area contributed by atoms with Crippen LogP contribution in [0, 0.1) is 29.6 Å². The second-order valence-corrected chi connectivity index (χ2v) is 8.61. The van der Waals surface area contributed by atoms with Crippen LogP contribution < -0.4 is 11.1 Å². The van der Waals surface area contributed by atoms with Crippen LogP contribution in [0.2, 0.25) is 0 Å². The van der Waals surface area contributed by atoms with Gasteiger partial charge < -0.3 is 11.1 Å². The Labute approximate surface area is 134 Å². The van der Waals surface area contributed by atoms with E-state index in [9.17, 15) is 4.79 Å². The van der Waals surface area contributed by atoms with Crippen molar-refractivity contribution < 1.29 is 4.79 Å². The van der Waals surface area contributed by atoms with E-state index >= 15 is 0 Å². The number of carbonyl (C=O) groups is 1. The van der Waals surface area contributed by atoms with Crippen LogP contribution in [0.3, 0.4) is 0 Å².